The summed E-state index contributed by atoms with van der Waals surface area (Å²) >= 11 is 5.99. The minimum atomic E-state index is -3.84. The first kappa shape index (κ1) is 37.9. The maximum Gasteiger partial charge on any atom is 0.319 e. The molecular weight excluding hydrogens is 656 g/mol. The fourth-order valence-corrected chi connectivity index (χ4v) is 7.51. The molecule has 2 aliphatic rings. The fourth-order valence-electron chi connectivity index (χ4n) is 6.20. The van der Waals surface area contributed by atoms with Crippen molar-refractivity contribution in [2.24, 2.45) is 5.92 Å². The summed E-state index contributed by atoms with van der Waals surface area (Å²) in [5.74, 6) is -0.299. The van der Waals surface area contributed by atoms with E-state index in [0.717, 1.165) is 38.5 Å². The van der Waals surface area contributed by atoms with E-state index in [-0.39, 0.29) is 60.2 Å². The van der Waals surface area contributed by atoms with E-state index in [9.17, 15) is 23.1 Å². The minimum Gasteiger partial charge on any atom is -0.490 e. The summed E-state index contributed by atoms with van der Waals surface area (Å²) in [6.07, 6.45) is 6.75. The van der Waals surface area contributed by atoms with Gasteiger partial charge in [0.05, 0.1) is 35.3 Å². The van der Waals surface area contributed by atoms with E-state index in [1.807, 2.05) is 13.8 Å². The molecule has 266 valence electrons. The first-order valence-electron chi connectivity index (χ1n) is 17.0. The molecule has 4 rings (SSSR count). The second-order valence-electron chi connectivity index (χ2n) is 13.2. The zero-order chi connectivity index (χ0) is 34.8. The summed E-state index contributed by atoms with van der Waals surface area (Å²) in [5, 5.41) is 16.6. The van der Waals surface area contributed by atoms with Gasteiger partial charge in [-0.3, -0.25) is 4.79 Å². The molecule has 2 aromatic rings. The fraction of sp³-hybridized carbons (Fsp3) is 0.600. The quantitative estimate of drug-likeness (QED) is 0.310. The molecule has 1 fully saturated rings. The number of carbonyl (C=O) groups excluding carboxylic acids is 2. The lowest BCUT2D eigenvalue weighted by Gasteiger charge is -2.35. The van der Waals surface area contributed by atoms with Crippen molar-refractivity contribution in [2.45, 2.75) is 101 Å². The highest BCUT2D eigenvalue weighted by Gasteiger charge is 2.32. The number of aliphatic hydroxyl groups excluding tert-OH is 1. The molecule has 1 aliphatic carbocycles. The van der Waals surface area contributed by atoms with E-state index in [4.69, 9.17) is 21.1 Å². The molecule has 1 aliphatic heterocycles. The average molecular weight is 707 g/mol. The Kier molecular flexibility index (Phi) is 14.0. The van der Waals surface area contributed by atoms with E-state index in [2.05, 4.69) is 10.6 Å². The van der Waals surface area contributed by atoms with Crippen molar-refractivity contribution >= 4 is 39.2 Å². The van der Waals surface area contributed by atoms with Crippen LogP contribution in [0.5, 0.6) is 5.75 Å². The number of likely N-dealkylation sites (N-methyl/N-ethyl adjacent to an activating group) is 1. The van der Waals surface area contributed by atoms with Crippen molar-refractivity contribution < 1.29 is 32.6 Å². The van der Waals surface area contributed by atoms with Crippen LogP contribution in [0.15, 0.2) is 47.4 Å². The highest BCUT2D eigenvalue weighted by atomic mass is 35.5. The third-order valence-electron chi connectivity index (χ3n) is 9.21. The second kappa shape index (κ2) is 17.7. The summed E-state index contributed by atoms with van der Waals surface area (Å²) < 4.78 is 40.7. The number of ether oxygens (including phenoxy) is 2. The smallest absolute Gasteiger partial charge is 0.319 e. The molecule has 3 amide bonds. The maximum atomic E-state index is 14.4. The minimum absolute atomic E-state index is 0.0575. The zero-order valence-corrected chi connectivity index (χ0v) is 30.1. The normalized spacial score (nSPS) is 22.7. The van der Waals surface area contributed by atoms with Crippen molar-refractivity contribution in [3.63, 3.8) is 0 Å². The van der Waals surface area contributed by atoms with Crippen LogP contribution in [0.3, 0.4) is 0 Å². The molecule has 0 aromatic heterocycles. The molecule has 0 bridgehead atoms. The van der Waals surface area contributed by atoms with E-state index < -0.39 is 22.2 Å². The number of aliphatic hydroxyl groups is 1. The summed E-state index contributed by atoms with van der Waals surface area (Å²) in [6, 6.07) is 10.3. The molecule has 0 saturated heterocycles. The van der Waals surface area contributed by atoms with Gasteiger partial charge >= 0.3 is 6.03 Å². The topological polar surface area (TPSA) is 138 Å². The summed E-state index contributed by atoms with van der Waals surface area (Å²) in [7, 11) is -2.33. The Bertz CT molecular complexity index is 1470. The van der Waals surface area contributed by atoms with Crippen LogP contribution in [0.25, 0.3) is 0 Å². The molecule has 1 heterocycles. The lowest BCUT2D eigenvalue weighted by atomic mass is 9.96. The number of carbonyl (C=O) groups is 2. The van der Waals surface area contributed by atoms with Gasteiger partial charge in [0.25, 0.3) is 5.91 Å². The zero-order valence-electron chi connectivity index (χ0n) is 28.5. The molecule has 1 saturated carbocycles. The largest absolute Gasteiger partial charge is 0.490 e. The average Bonchev–Trinajstić information content (AvgIpc) is 3.06. The lowest BCUT2D eigenvalue weighted by Crippen LogP contribution is -2.48. The number of nitrogens with zero attached hydrogens (tertiary/aromatic N) is 2. The number of nitrogens with one attached hydrogen (secondary N) is 2. The number of halogens is 1. The van der Waals surface area contributed by atoms with Gasteiger partial charge in [0, 0.05) is 49.4 Å². The summed E-state index contributed by atoms with van der Waals surface area (Å²) in [6.45, 7) is 5.97. The number of benzene rings is 2. The molecule has 3 N–H and O–H groups in total. The van der Waals surface area contributed by atoms with Crippen LogP contribution in [0.4, 0.5) is 10.5 Å². The van der Waals surface area contributed by atoms with Gasteiger partial charge in [-0.1, -0.05) is 37.8 Å². The summed E-state index contributed by atoms with van der Waals surface area (Å²) in [4.78, 5) is 28.9. The van der Waals surface area contributed by atoms with Gasteiger partial charge in [0.2, 0.25) is 10.0 Å². The van der Waals surface area contributed by atoms with E-state index in [0.29, 0.717) is 29.5 Å². The Labute approximate surface area is 290 Å². The first-order valence-corrected chi connectivity index (χ1v) is 18.8. The van der Waals surface area contributed by atoms with Crippen molar-refractivity contribution in [1.82, 2.24) is 14.5 Å². The summed E-state index contributed by atoms with van der Waals surface area (Å²) in [5.41, 5.74) is 0.717. The van der Waals surface area contributed by atoms with Crippen LogP contribution in [-0.2, 0) is 14.8 Å². The predicted octanol–water partition coefficient (Wildman–Crippen LogP) is 5.91. The molecular formula is C35H51ClN4O7S. The van der Waals surface area contributed by atoms with E-state index in [1.54, 1.807) is 30.0 Å². The van der Waals surface area contributed by atoms with Crippen LogP contribution in [-0.4, -0.2) is 92.3 Å². The van der Waals surface area contributed by atoms with Crippen LogP contribution >= 0.6 is 11.6 Å². The van der Waals surface area contributed by atoms with Crippen LogP contribution in [0.1, 0.15) is 82.5 Å². The van der Waals surface area contributed by atoms with Crippen LogP contribution in [0, 0.1) is 5.92 Å². The van der Waals surface area contributed by atoms with Gasteiger partial charge in [0.1, 0.15) is 5.75 Å². The van der Waals surface area contributed by atoms with Gasteiger partial charge < -0.3 is 30.1 Å². The Morgan fingerprint density at radius 1 is 1.06 bits per heavy atom. The number of amides is 3. The molecule has 0 spiro atoms. The van der Waals surface area contributed by atoms with Gasteiger partial charge in [0.15, 0.2) is 0 Å². The molecule has 48 heavy (non-hydrogen) atoms. The predicted molar refractivity (Wildman–Crippen MR) is 187 cm³/mol. The first-order chi connectivity index (χ1) is 22.9. The SMILES string of the molecule is C[C@H]1CCCCO[C@H](CN(C)S(=O)(=O)c2ccc(Cl)cc2)[C@@H](C)CN([C@@H](C)CO)C(=O)c2cc(NC(=O)NC3CCCCC3)ccc2O1. The molecule has 2 aromatic carbocycles. The maximum absolute atomic E-state index is 14.4. The molecule has 0 unspecified atom stereocenters. The third kappa shape index (κ3) is 10.3. The third-order valence-corrected chi connectivity index (χ3v) is 11.3. The van der Waals surface area contributed by atoms with E-state index >= 15 is 0 Å². The lowest BCUT2D eigenvalue weighted by molar-refractivity contribution is -0.00833. The van der Waals surface area contributed by atoms with Gasteiger partial charge in [-0.25, -0.2) is 13.2 Å². The molecule has 4 atom stereocenters. The Hall–Kier alpha value is -2.90. The highest BCUT2D eigenvalue weighted by molar-refractivity contribution is 7.89. The molecule has 13 heteroatoms. The molecule has 0 radical (unpaired) electrons. The number of hydrogen-bond acceptors (Lipinski definition) is 7. The van der Waals surface area contributed by atoms with Crippen molar-refractivity contribution in [3.05, 3.63) is 53.1 Å². The number of fused-ring (bicyclic) bond motifs is 1. The van der Waals surface area contributed by atoms with Gasteiger partial charge in [-0.15, -0.1) is 0 Å². The van der Waals surface area contributed by atoms with Crippen LogP contribution in [0.2, 0.25) is 5.02 Å². The van der Waals surface area contributed by atoms with Crippen LogP contribution < -0.4 is 15.4 Å². The second-order valence-corrected chi connectivity index (χ2v) is 15.7. The van der Waals surface area contributed by atoms with Gasteiger partial charge in [-0.05, 0) is 88.4 Å². The van der Waals surface area contributed by atoms with Crippen molar-refractivity contribution in [1.29, 1.82) is 0 Å². The van der Waals surface area contributed by atoms with Crippen molar-refractivity contribution in [3.8, 4) is 5.75 Å². The molecule has 11 nitrogen and oxygen atoms in total. The Morgan fingerprint density at radius 2 is 1.75 bits per heavy atom. The highest BCUT2D eigenvalue weighted by Crippen LogP contribution is 2.29. The Morgan fingerprint density at radius 3 is 2.44 bits per heavy atom. The number of anilines is 1. The van der Waals surface area contributed by atoms with E-state index in [1.165, 1.54) is 42.0 Å². The number of urea groups is 1. The van der Waals surface area contributed by atoms with Crippen molar-refractivity contribution in [2.75, 3.05) is 38.7 Å². The van der Waals surface area contributed by atoms with Gasteiger partial charge in [-0.2, -0.15) is 4.31 Å². The monoisotopic (exact) mass is 706 g/mol. The number of hydrogen-bond donors (Lipinski definition) is 3. The number of sulfonamides is 1. The Balaban J connectivity index is 1.60. The standard InChI is InChI=1S/C35H51ClN4O7S/c1-24-21-40(25(2)23-41)34(42)31-20-29(38-35(43)37-28-11-6-5-7-12-28)15-18-32(31)47-26(3)10-8-9-19-46-33(24)22-39(4)48(44,45)30-16-13-27(36)14-17-30/h13-18,20,24-26,28,33,41H,5-12,19,21-23H2,1-4H3,(H2,37,38,43)/t24-,25-,26-,33+/m0/s1. The number of rotatable bonds is 8.